The van der Waals surface area contributed by atoms with Crippen molar-refractivity contribution in [2.24, 2.45) is 11.8 Å². The number of nitrogens with two attached hydrogens (primary N) is 1. The number of amides is 4. The van der Waals surface area contributed by atoms with Crippen molar-refractivity contribution in [3.8, 4) is 0 Å². The number of anilines is 2. The van der Waals surface area contributed by atoms with E-state index in [1.165, 1.54) is 11.0 Å². The molecule has 4 aliphatic heterocycles. The Morgan fingerprint density at radius 1 is 0.918 bits per heavy atom. The van der Waals surface area contributed by atoms with Crippen LogP contribution in [0.3, 0.4) is 0 Å². The van der Waals surface area contributed by atoms with Crippen LogP contribution in [0, 0.1) is 11.8 Å². The molecule has 0 bridgehead atoms. The lowest BCUT2D eigenvalue weighted by Crippen LogP contribution is -2.54. The molecule has 3 N–H and O–H groups in total. The van der Waals surface area contributed by atoms with E-state index < -0.39 is 41.1 Å². The molecule has 0 radical (unpaired) electrons. The van der Waals surface area contributed by atoms with Crippen LogP contribution in [-0.4, -0.2) is 139 Å². The van der Waals surface area contributed by atoms with E-state index in [0.29, 0.717) is 57.3 Å². The van der Waals surface area contributed by atoms with Crippen LogP contribution in [0.25, 0.3) is 0 Å². The molecular formula is C44H61ClF3N7O6. The molecule has 3 fully saturated rings. The van der Waals surface area contributed by atoms with Crippen molar-refractivity contribution in [1.82, 2.24) is 24.5 Å². The summed E-state index contributed by atoms with van der Waals surface area (Å²) in [6, 6.07) is 9.50. The lowest BCUT2D eigenvalue weighted by atomic mass is 9.78. The molecule has 0 unspecified atom stereocenters. The van der Waals surface area contributed by atoms with E-state index in [9.17, 15) is 32.3 Å². The number of hydrogen-bond acceptors (Lipinski definition) is 9. The first-order valence-corrected chi connectivity index (χ1v) is 21.9. The van der Waals surface area contributed by atoms with Crippen LogP contribution < -0.4 is 11.1 Å². The maximum absolute atomic E-state index is 14.2. The minimum absolute atomic E-state index is 0.0616. The van der Waals surface area contributed by atoms with Crippen LogP contribution in [0.15, 0.2) is 36.4 Å². The summed E-state index contributed by atoms with van der Waals surface area (Å²) in [6.45, 7) is 8.44. The van der Waals surface area contributed by atoms with E-state index in [-0.39, 0.29) is 48.1 Å². The van der Waals surface area contributed by atoms with Gasteiger partial charge in [0.1, 0.15) is 5.54 Å². The molecule has 4 amide bonds. The number of para-hydroxylation sites is 1. The van der Waals surface area contributed by atoms with Gasteiger partial charge in [-0.15, -0.1) is 0 Å². The second kappa shape index (κ2) is 19.8. The average molecular weight is 876 g/mol. The van der Waals surface area contributed by atoms with Crippen molar-refractivity contribution >= 4 is 47.0 Å². The summed E-state index contributed by atoms with van der Waals surface area (Å²) in [5.41, 5.74) is 5.12. The quantitative estimate of drug-likeness (QED) is 0.134. The summed E-state index contributed by atoms with van der Waals surface area (Å²) >= 11 is 6.17. The summed E-state index contributed by atoms with van der Waals surface area (Å²) in [5, 5.41) is 2.68. The molecule has 0 aromatic heterocycles. The van der Waals surface area contributed by atoms with Gasteiger partial charge >= 0.3 is 24.3 Å². The second-order valence-corrected chi connectivity index (χ2v) is 18.1. The predicted molar refractivity (Wildman–Crippen MR) is 227 cm³/mol. The monoisotopic (exact) mass is 875 g/mol. The third-order valence-electron chi connectivity index (χ3n) is 13.1. The summed E-state index contributed by atoms with van der Waals surface area (Å²) in [7, 11) is 3.96. The number of alkyl halides is 3. The summed E-state index contributed by atoms with van der Waals surface area (Å²) in [5.74, 6) is 0.0518. The van der Waals surface area contributed by atoms with E-state index in [4.69, 9.17) is 26.8 Å². The number of rotatable bonds is 12. The number of esters is 1. The molecule has 3 saturated heterocycles. The Kier molecular flexibility index (Phi) is 15.0. The number of nitrogens with zero attached hydrogens (tertiary/aromatic N) is 5. The molecule has 336 valence electrons. The molecule has 2 aromatic carbocycles. The smallest absolute Gasteiger partial charge is 0.418 e. The molecule has 0 aliphatic carbocycles. The van der Waals surface area contributed by atoms with Crippen LogP contribution in [0.5, 0.6) is 0 Å². The summed E-state index contributed by atoms with van der Waals surface area (Å²) in [6.07, 6.45) is -1.57. The minimum Gasteiger partial charge on any atom is -0.464 e. The molecule has 2 aromatic rings. The van der Waals surface area contributed by atoms with Crippen LogP contribution >= 0.6 is 11.6 Å². The molecule has 0 spiro atoms. The largest absolute Gasteiger partial charge is 0.464 e. The van der Waals surface area contributed by atoms with Gasteiger partial charge in [-0.25, -0.2) is 9.59 Å². The molecule has 4 heterocycles. The third kappa shape index (κ3) is 11.4. The first-order chi connectivity index (χ1) is 28.9. The van der Waals surface area contributed by atoms with Crippen molar-refractivity contribution in [3.05, 3.63) is 58.1 Å². The van der Waals surface area contributed by atoms with Gasteiger partial charge in [0.25, 0.3) is 5.91 Å². The number of likely N-dealkylation sites (tertiary alicyclic amines) is 3. The van der Waals surface area contributed by atoms with Crippen LogP contribution in [0.1, 0.15) is 75.5 Å². The van der Waals surface area contributed by atoms with Crippen molar-refractivity contribution in [2.75, 3.05) is 84.1 Å². The van der Waals surface area contributed by atoms with E-state index in [1.807, 2.05) is 52.2 Å². The fraction of sp³-hybridized carbons (Fsp3) is 0.636. The number of ether oxygens (including phenoxy) is 2. The minimum atomic E-state index is -4.79. The lowest BCUT2D eigenvalue weighted by molar-refractivity contribution is -0.157. The van der Waals surface area contributed by atoms with Gasteiger partial charge in [-0.05, 0) is 134 Å². The first-order valence-electron chi connectivity index (χ1n) is 21.5. The van der Waals surface area contributed by atoms with Gasteiger partial charge in [0.05, 0.1) is 22.9 Å². The molecule has 13 nitrogen and oxygen atoms in total. The number of nitrogens with one attached hydrogen (secondary N) is 1. The van der Waals surface area contributed by atoms with Gasteiger partial charge in [0.2, 0.25) is 0 Å². The Hall–Kier alpha value is -4.28. The highest BCUT2D eigenvalue weighted by Gasteiger charge is 2.42. The van der Waals surface area contributed by atoms with E-state index in [1.54, 1.807) is 9.80 Å². The molecule has 61 heavy (non-hydrogen) atoms. The zero-order valence-electron chi connectivity index (χ0n) is 35.8. The maximum atomic E-state index is 14.2. The fourth-order valence-electron chi connectivity index (χ4n) is 9.29. The number of carbonyl (C=O) groups is 4. The first kappa shape index (κ1) is 46.2. The zero-order chi connectivity index (χ0) is 44.1. The molecule has 1 atom stereocenters. The summed E-state index contributed by atoms with van der Waals surface area (Å²) < 4.78 is 53.4. The van der Waals surface area contributed by atoms with Crippen molar-refractivity contribution < 1.29 is 41.8 Å². The molecule has 0 saturated carbocycles. The number of benzene rings is 2. The SMILES string of the molecule is CN(C)CCCOC(=O)C(C)(C)N1CCC(C2CCN(C(=O)[C@@H](Cc3cc(Cl)c(N)c(C(F)(F)F)c3)OC(=O)N3CCC(N4CCc5ccccc5NC4=O)CC3)CC2)CC1. The van der Waals surface area contributed by atoms with Gasteiger partial charge in [-0.3, -0.25) is 14.5 Å². The Bertz CT molecular complexity index is 1880. The molecular weight excluding hydrogens is 815 g/mol. The summed E-state index contributed by atoms with van der Waals surface area (Å²) in [4.78, 5) is 63.4. The van der Waals surface area contributed by atoms with Crippen LogP contribution in [0.2, 0.25) is 5.02 Å². The van der Waals surface area contributed by atoms with Gasteiger partial charge in [-0.1, -0.05) is 29.8 Å². The number of urea groups is 1. The highest BCUT2D eigenvalue weighted by Crippen LogP contribution is 2.39. The second-order valence-electron chi connectivity index (χ2n) is 17.7. The number of hydrogen-bond donors (Lipinski definition) is 2. The van der Waals surface area contributed by atoms with E-state index in [0.717, 1.165) is 69.1 Å². The van der Waals surface area contributed by atoms with Crippen LogP contribution in [0.4, 0.5) is 34.1 Å². The Labute approximate surface area is 362 Å². The number of piperidine rings is 3. The number of fused-ring (bicyclic) bond motifs is 1. The fourth-order valence-corrected chi connectivity index (χ4v) is 9.53. The molecule has 4 aliphatic rings. The number of halogens is 4. The maximum Gasteiger partial charge on any atom is 0.418 e. The van der Waals surface area contributed by atoms with E-state index in [2.05, 4.69) is 15.1 Å². The average Bonchev–Trinajstić information content (AvgIpc) is 3.40. The van der Waals surface area contributed by atoms with E-state index >= 15 is 0 Å². The van der Waals surface area contributed by atoms with Gasteiger partial charge < -0.3 is 40.1 Å². The standard InChI is InChI=1S/C44H61ClF3N7O6/c1-43(2,40(57)60-25-7-17-51(3)4)54-22-12-31(13-23-54)30-10-18-52(19-11-30)39(56)37(28-29-26-34(44(46,47)48)38(49)35(45)27-29)61-42(59)53-20-15-33(16-21-53)55-24-14-32-8-5-6-9-36(32)50-41(55)58/h5-6,8-9,26-27,30-31,33,37H,7,10-25,28,49H2,1-4H3,(H,50,58)/t37-/m1/s1. The van der Waals surface area contributed by atoms with Gasteiger partial charge in [0, 0.05) is 57.4 Å². The van der Waals surface area contributed by atoms with Gasteiger partial charge in [-0.2, -0.15) is 13.2 Å². The highest BCUT2D eigenvalue weighted by molar-refractivity contribution is 6.33. The molecule has 17 heteroatoms. The van der Waals surface area contributed by atoms with Gasteiger partial charge in [0.15, 0.2) is 6.10 Å². The normalized spacial score (nSPS) is 19.6. The Balaban J connectivity index is 1.06. The van der Waals surface area contributed by atoms with Crippen LogP contribution in [-0.2, 0) is 38.1 Å². The topological polar surface area (TPSA) is 141 Å². The van der Waals surface area contributed by atoms with Crippen molar-refractivity contribution in [2.45, 2.75) is 95.5 Å². The lowest BCUT2D eigenvalue weighted by Gasteiger charge is -2.44. The van der Waals surface area contributed by atoms with Crippen molar-refractivity contribution in [3.63, 3.8) is 0 Å². The Morgan fingerprint density at radius 2 is 1.54 bits per heavy atom. The highest BCUT2D eigenvalue weighted by atomic mass is 35.5. The Morgan fingerprint density at radius 3 is 2.18 bits per heavy atom. The zero-order valence-corrected chi connectivity index (χ0v) is 36.5. The number of carbonyl (C=O) groups excluding carboxylic acids is 4. The third-order valence-corrected chi connectivity index (χ3v) is 13.4. The number of nitrogen functional groups attached to an aromatic ring is 1. The predicted octanol–water partition coefficient (Wildman–Crippen LogP) is 6.77. The molecule has 6 rings (SSSR count). The van der Waals surface area contributed by atoms with Crippen molar-refractivity contribution in [1.29, 1.82) is 0 Å².